The van der Waals surface area contributed by atoms with Crippen LogP contribution in [0, 0.1) is 28.6 Å². The Hall–Kier alpha value is -5.53. The van der Waals surface area contributed by atoms with Crippen molar-refractivity contribution in [2.45, 2.75) is 121 Å². The zero-order valence-corrected chi connectivity index (χ0v) is 40.8. The van der Waals surface area contributed by atoms with E-state index in [1.54, 1.807) is 13.8 Å². The van der Waals surface area contributed by atoms with E-state index < -0.39 is 117 Å². The first kappa shape index (κ1) is 52.3. The molecule has 12 atom stereocenters. The third-order valence-electron chi connectivity index (χ3n) is 15.5. The Kier molecular flexibility index (Phi) is 15.4. The maximum atomic E-state index is 17.7. The van der Waals surface area contributed by atoms with E-state index in [9.17, 15) is 43.1 Å². The molecule has 0 aromatic heterocycles. The van der Waals surface area contributed by atoms with Gasteiger partial charge < -0.3 is 40.6 Å². The van der Waals surface area contributed by atoms with Gasteiger partial charge in [0.05, 0.1) is 6.10 Å². The van der Waals surface area contributed by atoms with E-state index in [0.717, 1.165) is 34.4 Å². The SMILES string of the molecule is C[C@H](NC(=O)OCC1c2ccccc2-c2ccccc21)C(=O)N[C@@H](C)C(=O)N[C@@H](C)C(=O)NCOCCCC(=O)O[C@]1(C(=O)SCF)[C@H](C)C[C@H]2[C@@H]3C[C@H](F)C4=CC(=O)C=C[C@]4(C)[C@@]3(F)[C@@H](O)C[C@@]21C. The highest BCUT2D eigenvalue weighted by Crippen LogP contribution is 2.72. The Morgan fingerprint density at radius 3 is 2.10 bits per heavy atom. The number of alkyl halides is 3. The number of fused-ring (bicyclic) bond motifs is 8. The smallest absolute Gasteiger partial charge is 0.407 e. The number of thioether (sulfide) groups is 1. The molecule has 0 saturated heterocycles. The summed E-state index contributed by atoms with van der Waals surface area (Å²) in [7, 11) is 0. The lowest BCUT2D eigenvalue weighted by Gasteiger charge is -2.63. The van der Waals surface area contributed by atoms with Crippen molar-refractivity contribution in [3.05, 3.63) is 83.5 Å². The molecular formula is C51H61F3N4O11S. The maximum Gasteiger partial charge on any atom is 0.407 e. The van der Waals surface area contributed by atoms with Crippen molar-refractivity contribution in [1.29, 1.82) is 0 Å². The minimum Gasteiger partial charge on any atom is -0.449 e. The van der Waals surface area contributed by atoms with Crippen LogP contribution in [0.4, 0.5) is 18.0 Å². The number of aliphatic hydroxyl groups is 1. The number of rotatable bonds is 17. The molecule has 0 unspecified atom stereocenters. The van der Waals surface area contributed by atoms with E-state index in [0.29, 0.717) is 11.8 Å². The molecule has 19 heteroatoms. The van der Waals surface area contributed by atoms with Crippen LogP contribution in [-0.2, 0) is 43.0 Å². The molecule has 7 rings (SSSR count). The molecule has 3 saturated carbocycles. The number of halogens is 3. The summed E-state index contributed by atoms with van der Waals surface area (Å²) < 4.78 is 64.6. The highest BCUT2D eigenvalue weighted by Gasteiger charge is 2.78. The number of hydrogen-bond acceptors (Lipinski definition) is 12. The molecule has 0 aliphatic heterocycles. The second kappa shape index (κ2) is 20.7. The largest absolute Gasteiger partial charge is 0.449 e. The number of nitrogens with one attached hydrogen (secondary N) is 4. The number of hydrogen-bond donors (Lipinski definition) is 5. The van der Waals surface area contributed by atoms with E-state index in [2.05, 4.69) is 21.3 Å². The third-order valence-corrected chi connectivity index (χ3v) is 16.2. The fraction of sp³-hybridized carbons (Fsp3) is 0.549. The Bertz CT molecular complexity index is 2430. The molecule has 378 valence electrons. The summed E-state index contributed by atoms with van der Waals surface area (Å²) >= 11 is 0.310. The lowest BCUT2D eigenvalue weighted by atomic mass is 9.44. The van der Waals surface area contributed by atoms with Gasteiger partial charge in [-0.15, -0.1) is 0 Å². The van der Waals surface area contributed by atoms with Gasteiger partial charge in [-0.05, 0) is 111 Å². The summed E-state index contributed by atoms with van der Waals surface area (Å²) in [6, 6.07) is 11.4. The van der Waals surface area contributed by atoms with E-state index in [-0.39, 0.29) is 63.5 Å². The van der Waals surface area contributed by atoms with Crippen molar-refractivity contribution >= 4 is 52.4 Å². The fourth-order valence-corrected chi connectivity index (χ4v) is 12.8. The predicted molar refractivity (Wildman–Crippen MR) is 252 cm³/mol. The van der Waals surface area contributed by atoms with Crippen LogP contribution in [0.5, 0.6) is 0 Å². The van der Waals surface area contributed by atoms with Gasteiger partial charge >= 0.3 is 12.1 Å². The zero-order chi connectivity index (χ0) is 50.9. The summed E-state index contributed by atoms with van der Waals surface area (Å²) in [5.74, 6) is -6.15. The molecule has 5 aliphatic carbocycles. The van der Waals surface area contributed by atoms with Crippen LogP contribution in [0.25, 0.3) is 11.1 Å². The first-order valence-electron chi connectivity index (χ1n) is 23.6. The number of esters is 1. The quantitative estimate of drug-likeness (QED) is 0.0720. The van der Waals surface area contributed by atoms with Crippen LogP contribution in [0.2, 0.25) is 0 Å². The minimum absolute atomic E-state index is 0.0486. The van der Waals surface area contributed by atoms with Gasteiger partial charge in [0.2, 0.25) is 22.8 Å². The van der Waals surface area contributed by atoms with Gasteiger partial charge in [0.1, 0.15) is 43.6 Å². The van der Waals surface area contributed by atoms with Gasteiger partial charge in [0, 0.05) is 41.6 Å². The number of ketones is 1. The fourth-order valence-electron chi connectivity index (χ4n) is 12.0. The number of aliphatic hydroxyl groups excluding tert-OH is 1. The van der Waals surface area contributed by atoms with Crippen LogP contribution in [0.1, 0.15) is 90.7 Å². The topological polar surface area (TPSA) is 216 Å². The van der Waals surface area contributed by atoms with Crippen molar-refractivity contribution in [1.82, 2.24) is 21.3 Å². The standard InChI is InChI=1S/C51H61F3N4O11S/c1-27-20-37-38-22-40(53)39-21-31(59)17-18-48(39,5)50(38,54)41(60)23-49(37,6)51(27,46(65)70-25-52)69-42(61)16-11-19-67-26-55-43(62)28(2)56-44(63)29(3)57-45(64)30(4)58-47(66)68-24-36-34-14-9-7-12-32(34)33-13-8-10-15-35(33)36/h7-10,12-15,17-18,21,27-30,36-38,40-41,60H,11,16,19-20,22-26H2,1-6H3,(H,55,62)(H,56,63)(H,57,64)(H,58,66)/t27-,28+,29+,30+,37+,38+,40+,41+,48+,49+,50+,51+/m1/s1. The predicted octanol–water partition coefficient (Wildman–Crippen LogP) is 5.83. The van der Waals surface area contributed by atoms with Crippen LogP contribution in [0.3, 0.4) is 0 Å². The van der Waals surface area contributed by atoms with Crippen molar-refractivity contribution in [3.8, 4) is 11.1 Å². The number of ether oxygens (including phenoxy) is 3. The highest BCUT2D eigenvalue weighted by molar-refractivity contribution is 8.13. The zero-order valence-electron chi connectivity index (χ0n) is 40.0. The molecule has 0 radical (unpaired) electrons. The average molecular weight is 995 g/mol. The third kappa shape index (κ3) is 9.28. The molecule has 0 heterocycles. The summed E-state index contributed by atoms with van der Waals surface area (Å²) in [6.45, 7) is 8.64. The lowest BCUT2D eigenvalue weighted by molar-refractivity contribution is -0.228. The molecule has 2 aromatic carbocycles. The summed E-state index contributed by atoms with van der Waals surface area (Å²) in [6.07, 6.45) is -1.57. The van der Waals surface area contributed by atoms with Crippen LogP contribution < -0.4 is 21.3 Å². The molecule has 5 aliphatic rings. The van der Waals surface area contributed by atoms with E-state index >= 15 is 8.78 Å². The van der Waals surface area contributed by atoms with Gasteiger partial charge in [0.15, 0.2) is 17.1 Å². The number of amides is 4. The average Bonchev–Trinajstić information content (AvgIpc) is 3.75. The molecular weight excluding hydrogens is 934 g/mol. The van der Waals surface area contributed by atoms with Gasteiger partial charge in [-0.2, -0.15) is 0 Å². The first-order valence-corrected chi connectivity index (χ1v) is 24.6. The van der Waals surface area contributed by atoms with Crippen molar-refractivity contribution < 1.29 is 66.1 Å². The summed E-state index contributed by atoms with van der Waals surface area (Å²) in [4.78, 5) is 91.0. The van der Waals surface area contributed by atoms with Crippen LogP contribution in [0.15, 0.2) is 72.3 Å². The van der Waals surface area contributed by atoms with Gasteiger partial charge in [-0.3, -0.25) is 28.8 Å². The molecule has 0 bridgehead atoms. The summed E-state index contributed by atoms with van der Waals surface area (Å²) in [5.41, 5.74) is -3.36. The van der Waals surface area contributed by atoms with E-state index in [4.69, 9.17) is 14.2 Å². The normalized spacial score (nSPS) is 30.7. The van der Waals surface area contributed by atoms with Gasteiger partial charge in [-0.25, -0.2) is 18.0 Å². The highest BCUT2D eigenvalue weighted by atomic mass is 32.2. The molecule has 0 spiro atoms. The number of allylic oxidation sites excluding steroid dienone is 4. The van der Waals surface area contributed by atoms with Gasteiger partial charge in [-0.1, -0.05) is 68.5 Å². The van der Waals surface area contributed by atoms with Crippen molar-refractivity contribution in [2.24, 2.45) is 28.6 Å². The maximum absolute atomic E-state index is 17.7. The van der Waals surface area contributed by atoms with E-state index in [1.165, 1.54) is 33.8 Å². The molecule has 2 aromatic rings. The second-order valence-electron chi connectivity index (χ2n) is 19.6. The Labute approximate surface area is 408 Å². The van der Waals surface area contributed by atoms with Crippen LogP contribution >= 0.6 is 11.8 Å². The van der Waals surface area contributed by atoms with E-state index in [1.807, 2.05) is 48.5 Å². The Morgan fingerprint density at radius 1 is 0.871 bits per heavy atom. The number of alkyl carbamates (subject to hydrolysis) is 1. The molecule has 15 nitrogen and oxygen atoms in total. The first-order chi connectivity index (χ1) is 33.1. The molecule has 4 amide bonds. The minimum atomic E-state index is -2.43. The second-order valence-corrected chi connectivity index (χ2v) is 20.5. The molecule has 3 fully saturated rings. The monoisotopic (exact) mass is 994 g/mol. The summed E-state index contributed by atoms with van der Waals surface area (Å²) in [5, 5.41) is 20.9. The van der Waals surface area contributed by atoms with Crippen LogP contribution in [-0.4, -0.2) is 113 Å². The van der Waals surface area contributed by atoms with Crippen molar-refractivity contribution in [3.63, 3.8) is 0 Å². The Balaban J connectivity index is 0.840. The Morgan fingerprint density at radius 2 is 1.47 bits per heavy atom. The number of carbonyl (C=O) groups is 7. The van der Waals surface area contributed by atoms with Crippen molar-refractivity contribution in [2.75, 3.05) is 26.0 Å². The molecule has 70 heavy (non-hydrogen) atoms. The lowest BCUT2D eigenvalue weighted by Crippen LogP contribution is -2.70. The number of carbonyl (C=O) groups excluding carboxylic acids is 7. The van der Waals surface area contributed by atoms with Gasteiger partial charge in [0.25, 0.3) is 0 Å². The number of benzene rings is 2. The molecule has 5 N–H and O–H groups in total.